The molecule has 2 aromatic carbocycles. The monoisotopic (exact) mass is 452 g/mol. The van der Waals surface area contributed by atoms with Gasteiger partial charge in [0.15, 0.2) is 11.5 Å². The highest BCUT2D eigenvalue weighted by Crippen LogP contribution is 2.35. The Morgan fingerprint density at radius 3 is 2.52 bits per heavy atom. The van der Waals surface area contributed by atoms with E-state index in [9.17, 15) is 9.59 Å². The lowest BCUT2D eigenvalue weighted by atomic mass is 9.95. The van der Waals surface area contributed by atoms with Crippen molar-refractivity contribution in [3.05, 3.63) is 70.9 Å². The van der Waals surface area contributed by atoms with E-state index >= 15 is 0 Å². The van der Waals surface area contributed by atoms with Gasteiger partial charge in [0.2, 0.25) is 0 Å². The van der Waals surface area contributed by atoms with E-state index in [1.54, 1.807) is 6.92 Å². The van der Waals surface area contributed by atoms with Crippen molar-refractivity contribution in [2.24, 2.45) is 0 Å². The molecule has 1 atom stereocenters. The van der Waals surface area contributed by atoms with Crippen LogP contribution in [0.25, 0.3) is 0 Å². The fourth-order valence-corrected chi connectivity index (χ4v) is 3.64. The van der Waals surface area contributed by atoms with Gasteiger partial charge in [0.05, 0.1) is 24.8 Å². The maximum Gasteiger partial charge on any atom is 0.338 e. The Bertz CT molecular complexity index is 987. The van der Waals surface area contributed by atoms with Gasteiger partial charge in [0.25, 0.3) is 0 Å². The fourth-order valence-electron chi connectivity index (χ4n) is 3.64. The van der Waals surface area contributed by atoms with Crippen molar-refractivity contribution in [1.82, 2.24) is 10.6 Å². The molecule has 2 N–H and O–H groups in total. The van der Waals surface area contributed by atoms with Crippen molar-refractivity contribution >= 4 is 12.0 Å². The Labute approximate surface area is 195 Å². The number of allylic oxidation sites excluding steroid dienone is 1. The summed E-state index contributed by atoms with van der Waals surface area (Å²) in [7, 11) is 0. The summed E-state index contributed by atoms with van der Waals surface area (Å²) in [5.74, 6) is 0.728. The van der Waals surface area contributed by atoms with Crippen LogP contribution in [0.1, 0.15) is 57.2 Å². The molecule has 0 bridgehead atoms. The van der Waals surface area contributed by atoms with E-state index in [2.05, 4.69) is 17.6 Å². The van der Waals surface area contributed by atoms with Crippen molar-refractivity contribution in [3.8, 4) is 11.5 Å². The number of amides is 2. The number of urea groups is 1. The third-order valence-electron chi connectivity index (χ3n) is 5.31. The number of nitrogens with one attached hydrogen (secondary N) is 2. The summed E-state index contributed by atoms with van der Waals surface area (Å²) >= 11 is 0. The van der Waals surface area contributed by atoms with Crippen LogP contribution in [-0.2, 0) is 16.1 Å². The minimum atomic E-state index is -0.671. The van der Waals surface area contributed by atoms with Crippen LogP contribution < -0.4 is 20.1 Å². The molecule has 0 aromatic heterocycles. The first-order valence-corrected chi connectivity index (χ1v) is 11.4. The number of ether oxygens (including phenoxy) is 3. The van der Waals surface area contributed by atoms with E-state index in [0.29, 0.717) is 41.5 Å². The second kappa shape index (κ2) is 11.9. The first-order valence-electron chi connectivity index (χ1n) is 11.4. The molecule has 0 saturated carbocycles. The SMILES string of the molecule is CCCCCOc1ccc(C2NC(=O)NC(C)=C2C(=O)OCc2ccccc2)cc1OCC. The van der Waals surface area contributed by atoms with Crippen LogP contribution in [0.5, 0.6) is 11.5 Å². The number of carbonyl (C=O) groups is 2. The summed E-state index contributed by atoms with van der Waals surface area (Å²) in [6.07, 6.45) is 3.18. The highest BCUT2D eigenvalue weighted by atomic mass is 16.5. The van der Waals surface area contributed by atoms with E-state index in [1.807, 2.05) is 55.5 Å². The molecule has 2 amide bonds. The second-order valence-electron chi connectivity index (χ2n) is 7.83. The first kappa shape index (κ1) is 24.2. The normalized spacial score (nSPS) is 15.5. The first-order chi connectivity index (χ1) is 16.0. The van der Waals surface area contributed by atoms with Crippen molar-refractivity contribution in [3.63, 3.8) is 0 Å². The van der Waals surface area contributed by atoms with Crippen LogP contribution in [0.15, 0.2) is 59.8 Å². The van der Waals surface area contributed by atoms with Gasteiger partial charge >= 0.3 is 12.0 Å². The summed E-state index contributed by atoms with van der Waals surface area (Å²) in [6, 6.07) is 13.9. The molecule has 0 aliphatic carbocycles. The molecule has 0 saturated heterocycles. The van der Waals surface area contributed by atoms with Crippen molar-refractivity contribution < 1.29 is 23.8 Å². The number of esters is 1. The number of carbonyl (C=O) groups excluding carboxylic acids is 2. The summed E-state index contributed by atoms with van der Waals surface area (Å²) in [4.78, 5) is 25.2. The lowest BCUT2D eigenvalue weighted by Crippen LogP contribution is -2.45. The van der Waals surface area contributed by atoms with Gasteiger partial charge in [-0.2, -0.15) is 0 Å². The average Bonchev–Trinajstić information content (AvgIpc) is 2.81. The van der Waals surface area contributed by atoms with Crippen LogP contribution in [0.4, 0.5) is 4.79 Å². The molecule has 2 aromatic rings. The number of benzene rings is 2. The van der Waals surface area contributed by atoms with Crippen LogP contribution in [0, 0.1) is 0 Å². The van der Waals surface area contributed by atoms with E-state index in [1.165, 1.54) is 0 Å². The van der Waals surface area contributed by atoms with E-state index in [-0.39, 0.29) is 12.6 Å². The van der Waals surface area contributed by atoms with E-state index < -0.39 is 12.0 Å². The maximum atomic E-state index is 13.0. The highest BCUT2D eigenvalue weighted by Gasteiger charge is 2.32. The summed E-state index contributed by atoms with van der Waals surface area (Å²) in [5.41, 5.74) is 2.40. The third-order valence-corrected chi connectivity index (χ3v) is 5.31. The molecule has 7 nitrogen and oxygen atoms in total. The minimum absolute atomic E-state index is 0.145. The molecular formula is C26H32N2O5. The summed E-state index contributed by atoms with van der Waals surface area (Å²) in [6.45, 7) is 6.95. The standard InChI is InChI=1S/C26H32N2O5/c1-4-6-10-15-32-21-14-13-20(16-22(21)31-5-2)24-23(18(3)27-26(30)28-24)25(29)33-17-19-11-8-7-9-12-19/h7-9,11-14,16,24H,4-6,10,15,17H2,1-3H3,(H2,27,28,30). The van der Waals surface area contributed by atoms with Gasteiger partial charge < -0.3 is 24.8 Å². The fraction of sp³-hybridized carbons (Fsp3) is 0.385. The zero-order chi connectivity index (χ0) is 23.6. The molecule has 176 valence electrons. The van der Waals surface area contributed by atoms with E-state index in [4.69, 9.17) is 14.2 Å². The molecule has 1 aliphatic heterocycles. The lowest BCUT2D eigenvalue weighted by Gasteiger charge is -2.28. The molecule has 7 heteroatoms. The zero-order valence-corrected chi connectivity index (χ0v) is 19.5. The van der Waals surface area contributed by atoms with Crippen LogP contribution in [0.2, 0.25) is 0 Å². The third kappa shape index (κ3) is 6.51. The van der Waals surface area contributed by atoms with Crippen molar-refractivity contribution in [1.29, 1.82) is 0 Å². The quantitative estimate of drug-likeness (QED) is 0.369. The predicted molar refractivity (Wildman–Crippen MR) is 126 cm³/mol. The van der Waals surface area contributed by atoms with Gasteiger partial charge in [0, 0.05) is 5.70 Å². The molecule has 3 rings (SSSR count). The zero-order valence-electron chi connectivity index (χ0n) is 19.5. The molecular weight excluding hydrogens is 420 g/mol. The molecule has 33 heavy (non-hydrogen) atoms. The second-order valence-corrected chi connectivity index (χ2v) is 7.83. The highest BCUT2D eigenvalue weighted by molar-refractivity contribution is 5.95. The van der Waals surface area contributed by atoms with Gasteiger partial charge in [-0.25, -0.2) is 9.59 Å². The Kier molecular flexibility index (Phi) is 8.75. The Morgan fingerprint density at radius 1 is 1.00 bits per heavy atom. The van der Waals surface area contributed by atoms with Crippen LogP contribution in [0.3, 0.4) is 0 Å². The summed E-state index contributed by atoms with van der Waals surface area (Å²) < 4.78 is 17.3. The molecule has 0 fully saturated rings. The number of hydrogen-bond acceptors (Lipinski definition) is 5. The van der Waals surface area contributed by atoms with Gasteiger partial charge in [-0.15, -0.1) is 0 Å². The van der Waals surface area contributed by atoms with Crippen molar-refractivity contribution in [2.45, 2.75) is 52.7 Å². The Hall–Kier alpha value is -3.48. The van der Waals surface area contributed by atoms with Crippen molar-refractivity contribution in [2.75, 3.05) is 13.2 Å². The Morgan fingerprint density at radius 2 is 1.79 bits per heavy atom. The predicted octanol–water partition coefficient (Wildman–Crippen LogP) is 5.03. The van der Waals surface area contributed by atoms with Gasteiger partial charge in [0.1, 0.15) is 6.61 Å². The Balaban J connectivity index is 1.83. The molecule has 1 aliphatic rings. The minimum Gasteiger partial charge on any atom is -0.490 e. The smallest absolute Gasteiger partial charge is 0.338 e. The molecule has 1 unspecified atom stereocenters. The largest absolute Gasteiger partial charge is 0.490 e. The van der Waals surface area contributed by atoms with Gasteiger partial charge in [-0.3, -0.25) is 0 Å². The number of hydrogen-bond donors (Lipinski definition) is 2. The topological polar surface area (TPSA) is 85.9 Å². The van der Waals surface area contributed by atoms with Crippen LogP contribution >= 0.6 is 0 Å². The number of rotatable bonds is 11. The van der Waals surface area contributed by atoms with Gasteiger partial charge in [-0.1, -0.05) is 56.2 Å². The lowest BCUT2D eigenvalue weighted by molar-refractivity contribution is -0.140. The molecule has 0 spiro atoms. The number of unbranched alkanes of at least 4 members (excludes halogenated alkanes) is 2. The summed E-state index contributed by atoms with van der Waals surface area (Å²) in [5, 5.41) is 5.51. The maximum absolute atomic E-state index is 13.0. The average molecular weight is 453 g/mol. The van der Waals surface area contributed by atoms with E-state index in [0.717, 1.165) is 24.8 Å². The van der Waals surface area contributed by atoms with Crippen LogP contribution in [-0.4, -0.2) is 25.2 Å². The molecule has 0 radical (unpaired) electrons. The molecule has 1 heterocycles. The van der Waals surface area contributed by atoms with Gasteiger partial charge in [-0.05, 0) is 43.5 Å².